The lowest BCUT2D eigenvalue weighted by molar-refractivity contribution is 0.400. The maximum absolute atomic E-state index is 4.88. The molecule has 0 atom stereocenters. The first kappa shape index (κ1) is 15.7. The molecule has 0 amide bonds. The van der Waals surface area contributed by atoms with E-state index in [2.05, 4.69) is 33.4 Å². The highest BCUT2D eigenvalue weighted by Gasteiger charge is 2.25. The summed E-state index contributed by atoms with van der Waals surface area (Å²) in [4.78, 5) is 9.57. The molecule has 0 saturated heterocycles. The first-order valence-corrected chi connectivity index (χ1v) is 9.79. The normalized spacial score (nSPS) is 16.2. The summed E-state index contributed by atoms with van der Waals surface area (Å²) < 4.78 is 3.73. The SMILES string of the molecule is Cn1cc(-c2cnn3ccc(C4=CCc5nc(C6CCC6)ncc54)cc23)cn1. The molecule has 4 aromatic heterocycles. The standard InChI is InChI=1S/C22H20N6/c1-27-13-16(10-24-27)18-12-25-28-8-7-15(9-21(18)28)17-5-6-20-19(17)11-23-22(26-20)14-3-2-4-14/h5,7-14H,2-4,6H2,1H3. The van der Waals surface area contributed by atoms with E-state index in [1.807, 2.05) is 47.2 Å². The molecule has 0 N–H and O–H groups in total. The molecular formula is C22H20N6. The molecule has 6 rings (SSSR count). The number of fused-ring (bicyclic) bond motifs is 2. The minimum Gasteiger partial charge on any atom is -0.275 e. The van der Waals surface area contributed by atoms with Gasteiger partial charge in [-0.25, -0.2) is 14.5 Å². The average Bonchev–Trinajstić information content (AvgIpc) is 3.37. The van der Waals surface area contributed by atoms with Crippen LogP contribution in [0.2, 0.25) is 0 Å². The van der Waals surface area contributed by atoms with E-state index in [-0.39, 0.29) is 0 Å². The lowest BCUT2D eigenvalue weighted by Gasteiger charge is -2.24. The van der Waals surface area contributed by atoms with Gasteiger partial charge in [0.15, 0.2) is 0 Å². The fraction of sp³-hybridized carbons (Fsp3) is 0.273. The Labute approximate surface area is 162 Å². The highest BCUT2D eigenvalue weighted by molar-refractivity contribution is 5.87. The molecule has 4 aromatic rings. The lowest BCUT2D eigenvalue weighted by atomic mass is 9.85. The number of nitrogens with zero attached hydrogens (tertiary/aromatic N) is 6. The third kappa shape index (κ3) is 2.34. The summed E-state index contributed by atoms with van der Waals surface area (Å²) in [6.45, 7) is 0. The van der Waals surface area contributed by atoms with Crippen molar-refractivity contribution in [2.24, 2.45) is 7.05 Å². The molecule has 0 bridgehead atoms. The number of rotatable bonds is 3. The number of pyridine rings is 1. The molecule has 28 heavy (non-hydrogen) atoms. The van der Waals surface area contributed by atoms with E-state index in [1.54, 1.807) is 0 Å². The van der Waals surface area contributed by atoms with E-state index >= 15 is 0 Å². The van der Waals surface area contributed by atoms with Crippen LogP contribution in [0.15, 0.2) is 49.2 Å². The minimum atomic E-state index is 0.569. The van der Waals surface area contributed by atoms with E-state index in [4.69, 9.17) is 4.98 Å². The van der Waals surface area contributed by atoms with Crippen LogP contribution < -0.4 is 0 Å². The number of aromatic nitrogens is 6. The van der Waals surface area contributed by atoms with E-state index in [1.165, 1.54) is 30.4 Å². The van der Waals surface area contributed by atoms with Gasteiger partial charge in [0.25, 0.3) is 0 Å². The van der Waals surface area contributed by atoms with Crippen LogP contribution in [0.25, 0.3) is 22.2 Å². The van der Waals surface area contributed by atoms with E-state index in [0.717, 1.165) is 40.1 Å². The van der Waals surface area contributed by atoms with Crippen molar-refractivity contribution in [3.05, 3.63) is 71.8 Å². The van der Waals surface area contributed by atoms with Crippen LogP contribution in [-0.2, 0) is 13.5 Å². The maximum Gasteiger partial charge on any atom is 0.131 e. The second kappa shape index (κ2) is 5.86. The minimum absolute atomic E-state index is 0.569. The van der Waals surface area contributed by atoms with Gasteiger partial charge in [0.1, 0.15) is 5.82 Å². The Morgan fingerprint density at radius 2 is 1.96 bits per heavy atom. The molecule has 0 radical (unpaired) electrons. The zero-order chi connectivity index (χ0) is 18.7. The maximum atomic E-state index is 4.88. The van der Waals surface area contributed by atoms with Crippen molar-refractivity contribution in [3.8, 4) is 11.1 Å². The first-order valence-electron chi connectivity index (χ1n) is 9.79. The molecule has 1 fully saturated rings. The molecule has 0 spiro atoms. The quantitative estimate of drug-likeness (QED) is 0.552. The Bertz CT molecular complexity index is 1240. The van der Waals surface area contributed by atoms with Gasteiger partial charge in [0.05, 0.1) is 23.6 Å². The van der Waals surface area contributed by atoms with Crippen molar-refractivity contribution in [2.75, 3.05) is 0 Å². The van der Waals surface area contributed by atoms with Gasteiger partial charge in [-0.15, -0.1) is 0 Å². The highest BCUT2D eigenvalue weighted by Crippen LogP contribution is 2.37. The fourth-order valence-corrected chi connectivity index (χ4v) is 4.19. The molecule has 0 aliphatic heterocycles. The zero-order valence-corrected chi connectivity index (χ0v) is 15.7. The summed E-state index contributed by atoms with van der Waals surface area (Å²) in [6.07, 6.45) is 16.8. The summed E-state index contributed by atoms with van der Waals surface area (Å²) in [6, 6.07) is 4.32. The van der Waals surface area contributed by atoms with Crippen LogP contribution in [0.1, 0.15) is 47.8 Å². The molecular weight excluding hydrogens is 348 g/mol. The molecule has 6 heteroatoms. The summed E-state index contributed by atoms with van der Waals surface area (Å²) in [7, 11) is 1.93. The second-order valence-corrected chi connectivity index (χ2v) is 7.74. The van der Waals surface area contributed by atoms with Crippen LogP contribution in [0.4, 0.5) is 0 Å². The third-order valence-electron chi connectivity index (χ3n) is 5.99. The molecule has 2 aliphatic rings. The summed E-state index contributed by atoms with van der Waals surface area (Å²) in [5.41, 5.74) is 7.96. The first-order chi connectivity index (χ1) is 13.8. The van der Waals surface area contributed by atoms with Crippen molar-refractivity contribution in [3.63, 3.8) is 0 Å². The van der Waals surface area contributed by atoms with Crippen LogP contribution in [0, 0.1) is 0 Å². The van der Waals surface area contributed by atoms with Gasteiger partial charge < -0.3 is 0 Å². The number of allylic oxidation sites excluding steroid dienone is 1. The summed E-state index contributed by atoms with van der Waals surface area (Å²) >= 11 is 0. The molecule has 138 valence electrons. The summed E-state index contributed by atoms with van der Waals surface area (Å²) in [5.74, 6) is 1.60. The fourth-order valence-electron chi connectivity index (χ4n) is 4.19. The predicted octanol–water partition coefficient (Wildman–Crippen LogP) is 3.78. The van der Waals surface area contributed by atoms with Gasteiger partial charge in [0.2, 0.25) is 0 Å². The van der Waals surface area contributed by atoms with Crippen LogP contribution in [-0.4, -0.2) is 29.4 Å². The Kier molecular flexibility index (Phi) is 3.29. The van der Waals surface area contributed by atoms with Gasteiger partial charge in [-0.05, 0) is 36.1 Å². The van der Waals surface area contributed by atoms with Crippen molar-refractivity contribution < 1.29 is 0 Å². The zero-order valence-electron chi connectivity index (χ0n) is 15.7. The second-order valence-electron chi connectivity index (χ2n) is 7.74. The van der Waals surface area contributed by atoms with Crippen molar-refractivity contribution in [1.29, 1.82) is 0 Å². The van der Waals surface area contributed by atoms with Crippen molar-refractivity contribution in [2.45, 2.75) is 31.6 Å². The molecule has 1 saturated carbocycles. The van der Waals surface area contributed by atoms with E-state index < -0.39 is 0 Å². The third-order valence-corrected chi connectivity index (χ3v) is 5.99. The van der Waals surface area contributed by atoms with Crippen molar-refractivity contribution in [1.82, 2.24) is 29.4 Å². The smallest absolute Gasteiger partial charge is 0.131 e. The van der Waals surface area contributed by atoms with Crippen molar-refractivity contribution >= 4 is 11.1 Å². The Balaban J connectivity index is 1.41. The van der Waals surface area contributed by atoms with Gasteiger partial charge in [0, 0.05) is 54.7 Å². The molecule has 6 nitrogen and oxygen atoms in total. The predicted molar refractivity (Wildman–Crippen MR) is 107 cm³/mol. The van der Waals surface area contributed by atoms with E-state index in [0.29, 0.717) is 5.92 Å². The lowest BCUT2D eigenvalue weighted by Crippen LogP contribution is -2.13. The van der Waals surface area contributed by atoms with Crippen LogP contribution in [0.5, 0.6) is 0 Å². The summed E-state index contributed by atoms with van der Waals surface area (Å²) in [5, 5.41) is 8.79. The topological polar surface area (TPSA) is 60.9 Å². The molecule has 4 heterocycles. The van der Waals surface area contributed by atoms with Crippen LogP contribution >= 0.6 is 0 Å². The highest BCUT2D eigenvalue weighted by atomic mass is 15.2. The van der Waals surface area contributed by atoms with Gasteiger partial charge in [-0.2, -0.15) is 10.2 Å². The van der Waals surface area contributed by atoms with Gasteiger partial charge in [-0.3, -0.25) is 4.68 Å². The average molecular weight is 368 g/mol. The number of hydrogen-bond donors (Lipinski definition) is 0. The monoisotopic (exact) mass is 368 g/mol. The molecule has 2 aliphatic carbocycles. The Morgan fingerprint density at radius 3 is 2.75 bits per heavy atom. The molecule has 0 unspecified atom stereocenters. The van der Waals surface area contributed by atoms with Gasteiger partial charge >= 0.3 is 0 Å². The Morgan fingerprint density at radius 1 is 1.04 bits per heavy atom. The molecule has 0 aromatic carbocycles. The number of hydrogen-bond acceptors (Lipinski definition) is 4. The number of aryl methyl sites for hydroxylation is 1. The van der Waals surface area contributed by atoms with E-state index in [9.17, 15) is 0 Å². The largest absolute Gasteiger partial charge is 0.275 e. The van der Waals surface area contributed by atoms with Gasteiger partial charge in [-0.1, -0.05) is 12.5 Å². The Hall–Kier alpha value is -3.28. The van der Waals surface area contributed by atoms with Crippen LogP contribution in [0.3, 0.4) is 0 Å².